The van der Waals surface area contributed by atoms with Crippen LogP contribution in [0.25, 0.3) is 16.8 Å². The van der Waals surface area contributed by atoms with E-state index in [1.54, 1.807) is 10.6 Å². The number of hydrogen-bond donors (Lipinski definition) is 1. The number of fused-ring (bicyclic) bond motifs is 2. The van der Waals surface area contributed by atoms with Crippen molar-refractivity contribution in [2.24, 2.45) is 0 Å². The average molecular weight is 533 g/mol. The predicted molar refractivity (Wildman–Crippen MR) is 136 cm³/mol. The van der Waals surface area contributed by atoms with Crippen LogP contribution < -0.4 is 10.1 Å². The normalized spacial score (nSPS) is 15.2. The summed E-state index contributed by atoms with van der Waals surface area (Å²) >= 11 is 19.1. The summed E-state index contributed by atoms with van der Waals surface area (Å²) < 4.78 is 21.5. The van der Waals surface area contributed by atoms with Gasteiger partial charge in [-0.05, 0) is 35.7 Å². The van der Waals surface area contributed by atoms with Crippen LogP contribution in [0.5, 0.6) is 5.75 Å². The molecular formula is C26H21Cl3FN3O2. The summed E-state index contributed by atoms with van der Waals surface area (Å²) in [6, 6.07) is 11.6. The minimum absolute atomic E-state index is 0.0337. The van der Waals surface area contributed by atoms with Gasteiger partial charge in [-0.1, -0.05) is 66.8 Å². The number of halogens is 4. The molecule has 0 spiro atoms. The van der Waals surface area contributed by atoms with Crippen molar-refractivity contribution in [3.8, 4) is 17.0 Å². The first-order chi connectivity index (χ1) is 16.8. The van der Waals surface area contributed by atoms with E-state index in [-0.39, 0.29) is 27.9 Å². The van der Waals surface area contributed by atoms with Crippen molar-refractivity contribution in [3.63, 3.8) is 0 Å². The van der Waals surface area contributed by atoms with E-state index in [1.165, 1.54) is 12.3 Å². The molecule has 0 saturated heterocycles. The predicted octanol–water partition coefficient (Wildman–Crippen LogP) is 7.48. The third-order valence-electron chi connectivity index (χ3n) is 6.13. The lowest BCUT2D eigenvalue weighted by Gasteiger charge is -2.27. The van der Waals surface area contributed by atoms with Gasteiger partial charge in [0.1, 0.15) is 11.6 Å². The molecule has 5 rings (SSSR count). The number of nitrogens with one attached hydrogen (secondary N) is 1. The Hall–Kier alpha value is -2.80. The van der Waals surface area contributed by atoms with Gasteiger partial charge in [-0.3, -0.25) is 4.79 Å². The number of aromatic nitrogens is 2. The Kier molecular flexibility index (Phi) is 6.38. The first-order valence-electron chi connectivity index (χ1n) is 11.1. The van der Waals surface area contributed by atoms with E-state index in [0.29, 0.717) is 40.4 Å². The summed E-state index contributed by atoms with van der Waals surface area (Å²) in [6.45, 7) is 4.50. The molecular weight excluding hydrogens is 512 g/mol. The summed E-state index contributed by atoms with van der Waals surface area (Å²) in [5, 5.41) is 8.20. The van der Waals surface area contributed by atoms with Crippen molar-refractivity contribution in [2.45, 2.75) is 32.2 Å². The van der Waals surface area contributed by atoms with Gasteiger partial charge in [0.25, 0.3) is 5.91 Å². The number of rotatable bonds is 4. The third kappa shape index (κ3) is 4.24. The Morgan fingerprint density at radius 2 is 1.94 bits per heavy atom. The third-order valence-corrected chi connectivity index (χ3v) is 7.22. The van der Waals surface area contributed by atoms with E-state index in [4.69, 9.17) is 39.5 Å². The number of ether oxygens (including phenoxy) is 1. The topological polar surface area (TPSA) is 55.6 Å². The van der Waals surface area contributed by atoms with E-state index in [9.17, 15) is 9.18 Å². The SMILES string of the molecule is CC(C)c1c(C(=O)N[C@H]2CCOc3ccccc32)cnn2c(-c3cc(F)cc(Cl)c3Cl)c(Cl)cc12. The number of carbonyl (C=O) groups excluding carboxylic acids is 1. The van der Waals surface area contributed by atoms with Gasteiger partial charge in [0, 0.05) is 17.5 Å². The molecule has 0 unspecified atom stereocenters. The zero-order valence-corrected chi connectivity index (χ0v) is 21.2. The second-order valence-corrected chi connectivity index (χ2v) is 9.91. The highest BCUT2D eigenvalue weighted by Gasteiger charge is 2.27. The molecule has 0 bridgehead atoms. The molecule has 0 fully saturated rings. The molecule has 1 aliphatic rings. The Balaban J connectivity index is 1.60. The van der Waals surface area contributed by atoms with E-state index >= 15 is 0 Å². The van der Waals surface area contributed by atoms with E-state index < -0.39 is 5.82 Å². The molecule has 0 radical (unpaired) electrons. The molecule has 2 aromatic heterocycles. The van der Waals surface area contributed by atoms with Crippen molar-refractivity contribution in [3.05, 3.63) is 86.2 Å². The molecule has 0 aliphatic carbocycles. The van der Waals surface area contributed by atoms with Crippen LogP contribution in [0, 0.1) is 5.82 Å². The maximum absolute atomic E-state index is 14.2. The van der Waals surface area contributed by atoms with Crippen LogP contribution in [0.2, 0.25) is 15.1 Å². The van der Waals surface area contributed by atoms with Gasteiger partial charge in [0.05, 0.1) is 50.7 Å². The fourth-order valence-corrected chi connectivity index (χ4v) is 5.28. The first-order valence-corrected chi connectivity index (χ1v) is 12.3. The molecule has 0 saturated carbocycles. The first kappa shape index (κ1) is 23.9. The number of hydrogen-bond acceptors (Lipinski definition) is 3. The zero-order chi connectivity index (χ0) is 24.9. The Bertz CT molecular complexity index is 1470. The summed E-state index contributed by atoms with van der Waals surface area (Å²) in [4.78, 5) is 13.5. The lowest BCUT2D eigenvalue weighted by atomic mass is 9.96. The molecule has 35 heavy (non-hydrogen) atoms. The fraction of sp³-hybridized carbons (Fsp3) is 0.231. The Labute approximate surface area is 216 Å². The van der Waals surface area contributed by atoms with Gasteiger partial charge in [-0.2, -0.15) is 5.10 Å². The fourth-order valence-electron chi connectivity index (χ4n) is 4.59. The molecule has 3 heterocycles. The van der Waals surface area contributed by atoms with Crippen LogP contribution in [0.4, 0.5) is 4.39 Å². The molecule has 1 aliphatic heterocycles. The second kappa shape index (κ2) is 9.34. The number of amides is 1. The highest BCUT2D eigenvalue weighted by Crippen LogP contribution is 2.41. The minimum Gasteiger partial charge on any atom is -0.493 e. The van der Waals surface area contributed by atoms with Gasteiger partial charge < -0.3 is 10.1 Å². The highest BCUT2D eigenvalue weighted by molar-refractivity contribution is 6.44. The van der Waals surface area contributed by atoms with Crippen LogP contribution in [0.15, 0.2) is 48.7 Å². The molecule has 2 aromatic carbocycles. The van der Waals surface area contributed by atoms with Gasteiger partial charge >= 0.3 is 0 Å². The van der Waals surface area contributed by atoms with E-state index in [0.717, 1.165) is 22.9 Å². The number of benzene rings is 2. The maximum atomic E-state index is 14.2. The van der Waals surface area contributed by atoms with Gasteiger partial charge in [0.15, 0.2) is 0 Å². The molecule has 1 amide bonds. The smallest absolute Gasteiger partial charge is 0.253 e. The maximum Gasteiger partial charge on any atom is 0.253 e. The lowest BCUT2D eigenvalue weighted by Crippen LogP contribution is -2.33. The van der Waals surface area contributed by atoms with Crippen LogP contribution in [-0.2, 0) is 0 Å². The van der Waals surface area contributed by atoms with Gasteiger partial charge in [0.2, 0.25) is 0 Å². The standard InChI is InChI=1S/C26H21Cl3FN3O2/c1-13(2)23-17(26(34)32-20-7-8-35-22-6-4-3-5-15(20)22)12-31-33-21(23)11-19(28)25(33)16-9-14(30)10-18(27)24(16)29/h3-6,9-13,20H,7-8H2,1-2H3,(H,32,34)/t20-/m0/s1. The molecule has 180 valence electrons. The average Bonchev–Trinajstić information content (AvgIpc) is 3.16. The van der Waals surface area contributed by atoms with Crippen molar-refractivity contribution < 1.29 is 13.9 Å². The van der Waals surface area contributed by atoms with Crippen LogP contribution in [0.1, 0.15) is 53.7 Å². The summed E-state index contributed by atoms with van der Waals surface area (Å²) in [6.07, 6.45) is 2.17. The molecule has 4 aromatic rings. The minimum atomic E-state index is -0.544. The quantitative estimate of drug-likeness (QED) is 0.277. The van der Waals surface area contributed by atoms with Crippen molar-refractivity contribution in [2.75, 3.05) is 6.61 Å². The van der Waals surface area contributed by atoms with Crippen molar-refractivity contribution in [1.29, 1.82) is 0 Å². The Morgan fingerprint density at radius 1 is 1.17 bits per heavy atom. The van der Waals surface area contributed by atoms with E-state index in [1.807, 2.05) is 38.1 Å². The van der Waals surface area contributed by atoms with Crippen LogP contribution in [0.3, 0.4) is 0 Å². The van der Waals surface area contributed by atoms with E-state index in [2.05, 4.69) is 10.4 Å². The summed E-state index contributed by atoms with van der Waals surface area (Å²) in [7, 11) is 0. The monoisotopic (exact) mass is 531 g/mol. The van der Waals surface area contributed by atoms with Gasteiger partial charge in [-0.15, -0.1) is 0 Å². The highest BCUT2D eigenvalue weighted by atomic mass is 35.5. The van der Waals surface area contributed by atoms with Crippen LogP contribution >= 0.6 is 34.8 Å². The van der Waals surface area contributed by atoms with Gasteiger partial charge in [-0.25, -0.2) is 8.91 Å². The number of carbonyl (C=O) groups is 1. The van der Waals surface area contributed by atoms with Crippen molar-refractivity contribution in [1.82, 2.24) is 14.9 Å². The number of para-hydroxylation sites is 1. The lowest BCUT2D eigenvalue weighted by molar-refractivity contribution is 0.0923. The zero-order valence-electron chi connectivity index (χ0n) is 18.9. The largest absolute Gasteiger partial charge is 0.493 e. The van der Waals surface area contributed by atoms with Crippen molar-refractivity contribution >= 4 is 46.2 Å². The molecule has 5 nitrogen and oxygen atoms in total. The second-order valence-electron chi connectivity index (χ2n) is 8.71. The van der Waals surface area contributed by atoms with Crippen LogP contribution in [-0.4, -0.2) is 22.1 Å². The Morgan fingerprint density at radius 3 is 2.71 bits per heavy atom. The molecule has 1 N–H and O–H groups in total. The summed E-state index contributed by atoms with van der Waals surface area (Å²) in [5.74, 6) is -0.0442. The molecule has 1 atom stereocenters. The summed E-state index contributed by atoms with van der Waals surface area (Å²) in [5.41, 5.74) is 3.51. The molecule has 9 heteroatoms. The number of nitrogens with zero attached hydrogens (tertiary/aromatic N) is 2.